The molecule has 2 amide bonds. The molecule has 1 heterocycles. The molecule has 1 aliphatic rings. The van der Waals surface area contributed by atoms with Gasteiger partial charge in [-0.3, -0.25) is 9.59 Å². The molecule has 1 fully saturated rings. The van der Waals surface area contributed by atoms with Crippen LogP contribution >= 0.6 is 0 Å². The van der Waals surface area contributed by atoms with E-state index in [0.29, 0.717) is 19.5 Å². The first-order chi connectivity index (χ1) is 9.65. The number of carbonyl (C=O) groups excluding carboxylic acids is 2. The highest BCUT2D eigenvalue weighted by Crippen LogP contribution is 2.25. The molecule has 1 saturated heterocycles. The summed E-state index contributed by atoms with van der Waals surface area (Å²) < 4.78 is 23.2. The van der Waals surface area contributed by atoms with Gasteiger partial charge in [-0.1, -0.05) is 6.92 Å². The van der Waals surface area contributed by atoms with Gasteiger partial charge in [0.25, 0.3) is 0 Å². The number of rotatable bonds is 6. The maximum Gasteiger partial charge on any atom is 0.237 e. The van der Waals surface area contributed by atoms with Crippen LogP contribution in [0.25, 0.3) is 0 Å². The predicted molar refractivity (Wildman–Crippen MR) is 81.5 cm³/mol. The largest absolute Gasteiger partial charge is 0.355 e. The first-order valence-corrected chi connectivity index (χ1v) is 9.27. The zero-order valence-corrected chi connectivity index (χ0v) is 14.1. The second-order valence-electron chi connectivity index (χ2n) is 6.03. The third kappa shape index (κ3) is 4.18. The number of carbonyl (C=O) groups is 2. The van der Waals surface area contributed by atoms with Gasteiger partial charge in [-0.15, -0.1) is 0 Å². The zero-order chi connectivity index (χ0) is 16.3. The number of sulfone groups is 1. The van der Waals surface area contributed by atoms with Crippen LogP contribution in [0.3, 0.4) is 0 Å². The molecule has 1 aliphatic heterocycles. The number of amides is 2. The van der Waals surface area contributed by atoms with Gasteiger partial charge in [-0.05, 0) is 33.6 Å². The third-order valence-corrected chi connectivity index (χ3v) is 5.64. The van der Waals surface area contributed by atoms with E-state index >= 15 is 0 Å². The number of hydrogen-bond donors (Lipinski definition) is 1. The standard InChI is InChI=1S/C14H26N2O4S/c1-5-8-15-12(17)14(3,4)13(18)16(6-2)11-7-9-21(19,20)10-11/h11H,5-10H2,1-4H3,(H,15,17). The average Bonchev–Trinajstić information content (AvgIpc) is 2.76. The van der Waals surface area contributed by atoms with E-state index in [1.807, 2.05) is 13.8 Å². The maximum absolute atomic E-state index is 12.7. The van der Waals surface area contributed by atoms with E-state index in [1.165, 1.54) is 4.90 Å². The van der Waals surface area contributed by atoms with E-state index < -0.39 is 15.3 Å². The lowest BCUT2D eigenvalue weighted by molar-refractivity contribution is -0.149. The minimum absolute atomic E-state index is 0.000755. The minimum Gasteiger partial charge on any atom is -0.355 e. The van der Waals surface area contributed by atoms with Crippen LogP contribution in [0.15, 0.2) is 0 Å². The van der Waals surface area contributed by atoms with Crippen LogP contribution in [0.1, 0.15) is 40.5 Å². The van der Waals surface area contributed by atoms with Gasteiger partial charge < -0.3 is 10.2 Å². The molecule has 0 saturated carbocycles. The Bertz CT molecular complexity index is 499. The highest BCUT2D eigenvalue weighted by atomic mass is 32.2. The molecule has 1 N–H and O–H groups in total. The van der Waals surface area contributed by atoms with Crippen LogP contribution in [0.2, 0.25) is 0 Å². The molecule has 0 aromatic rings. The molecule has 7 heteroatoms. The summed E-state index contributed by atoms with van der Waals surface area (Å²) in [5.74, 6) is -0.502. The van der Waals surface area contributed by atoms with Crippen molar-refractivity contribution in [2.45, 2.75) is 46.6 Å². The summed E-state index contributed by atoms with van der Waals surface area (Å²) in [4.78, 5) is 26.4. The maximum atomic E-state index is 12.7. The fraction of sp³-hybridized carbons (Fsp3) is 0.857. The molecule has 6 nitrogen and oxygen atoms in total. The summed E-state index contributed by atoms with van der Waals surface area (Å²) in [7, 11) is -3.06. The third-order valence-electron chi connectivity index (χ3n) is 3.89. The highest BCUT2D eigenvalue weighted by molar-refractivity contribution is 7.91. The van der Waals surface area contributed by atoms with E-state index in [9.17, 15) is 18.0 Å². The molecular weight excluding hydrogens is 292 g/mol. The van der Waals surface area contributed by atoms with Gasteiger partial charge in [-0.2, -0.15) is 0 Å². The first-order valence-electron chi connectivity index (χ1n) is 7.45. The van der Waals surface area contributed by atoms with Gasteiger partial charge in [0, 0.05) is 19.1 Å². The lowest BCUT2D eigenvalue weighted by Crippen LogP contribution is -2.53. The van der Waals surface area contributed by atoms with Crippen molar-refractivity contribution in [1.82, 2.24) is 10.2 Å². The smallest absolute Gasteiger partial charge is 0.237 e. The van der Waals surface area contributed by atoms with Crippen molar-refractivity contribution in [1.29, 1.82) is 0 Å². The Labute approximate surface area is 127 Å². The zero-order valence-electron chi connectivity index (χ0n) is 13.3. The van der Waals surface area contributed by atoms with Gasteiger partial charge in [0.05, 0.1) is 11.5 Å². The van der Waals surface area contributed by atoms with Crippen molar-refractivity contribution in [3.63, 3.8) is 0 Å². The summed E-state index contributed by atoms with van der Waals surface area (Å²) in [5, 5.41) is 2.73. The minimum atomic E-state index is -3.06. The van der Waals surface area contributed by atoms with Crippen LogP contribution in [0.5, 0.6) is 0 Å². The van der Waals surface area contributed by atoms with Crippen molar-refractivity contribution in [2.75, 3.05) is 24.6 Å². The van der Waals surface area contributed by atoms with Gasteiger partial charge in [0.1, 0.15) is 5.41 Å². The van der Waals surface area contributed by atoms with Crippen molar-refractivity contribution in [3.05, 3.63) is 0 Å². The molecule has 0 aliphatic carbocycles. The molecule has 0 aromatic heterocycles. The summed E-state index contributed by atoms with van der Waals surface area (Å²) in [6, 6.07) is -0.314. The highest BCUT2D eigenvalue weighted by Gasteiger charge is 2.43. The van der Waals surface area contributed by atoms with Crippen LogP contribution < -0.4 is 5.32 Å². The van der Waals surface area contributed by atoms with Crippen LogP contribution in [-0.2, 0) is 19.4 Å². The number of nitrogens with zero attached hydrogens (tertiary/aromatic N) is 1. The second kappa shape index (κ2) is 6.77. The van der Waals surface area contributed by atoms with Gasteiger partial charge >= 0.3 is 0 Å². The van der Waals surface area contributed by atoms with Gasteiger partial charge in [0.15, 0.2) is 9.84 Å². The molecular formula is C14H26N2O4S. The number of hydrogen-bond acceptors (Lipinski definition) is 4. The molecule has 21 heavy (non-hydrogen) atoms. The first kappa shape index (κ1) is 17.9. The van der Waals surface area contributed by atoms with Crippen LogP contribution in [-0.4, -0.2) is 55.8 Å². The van der Waals surface area contributed by atoms with Crippen molar-refractivity contribution >= 4 is 21.7 Å². The predicted octanol–water partition coefficient (Wildman–Crippen LogP) is 0.574. The van der Waals surface area contributed by atoms with E-state index in [0.717, 1.165) is 6.42 Å². The fourth-order valence-corrected chi connectivity index (χ4v) is 4.24. The van der Waals surface area contributed by atoms with Gasteiger partial charge in [0.2, 0.25) is 11.8 Å². The van der Waals surface area contributed by atoms with Crippen molar-refractivity contribution < 1.29 is 18.0 Å². The summed E-state index contributed by atoms with van der Waals surface area (Å²) in [6.07, 6.45) is 1.25. The monoisotopic (exact) mass is 318 g/mol. The summed E-state index contributed by atoms with van der Waals surface area (Å²) in [5.41, 5.74) is -1.18. The molecule has 0 aromatic carbocycles. The lowest BCUT2D eigenvalue weighted by atomic mass is 9.89. The van der Waals surface area contributed by atoms with Crippen LogP contribution in [0.4, 0.5) is 0 Å². The Morgan fingerprint density at radius 1 is 1.29 bits per heavy atom. The van der Waals surface area contributed by atoms with E-state index in [1.54, 1.807) is 13.8 Å². The molecule has 0 spiro atoms. The Hall–Kier alpha value is -1.11. The van der Waals surface area contributed by atoms with Crippen molar-refractivity contribution in [2.24, 2.45) is 5.41 Å². The molecule has 0 bridgehead atoms. The summed E-state index contributed by atoms with van der Waals surface area (Å²) >= 11 is 0. The van der Waals surface area contributed by atoms with E-state index in [4.69, 9.17) is 0 Å². The van der Waals surface area contributed by atoms with E-state index in [2.05, 4.69) is 5.32 Å². The Balaban J connectivity index is 2.85. The Kier molecular flexibility index (Phi) is 5.78. The lowest BCUT2D eigenvalue weighted by Gasteiger charge is -2.34. The summed E-state index contributed by atoms with van der Waals surface area (Å²) in [6.45, 7) is 7.86. The molecule has 1 unspecified atom stereocenters. The quantitative estimate of drug-likeness (QED) is 0.726. The SMILES string of the molecule is CCCNC(=O)C(C)(C)C(=O)N(CC)C1CCS(=O)(=O)C1. The molecule has 0 radical (unpaired) electrons. The molecule has 122 valence electrons. The average molecular weight is 318 g/mol. The number of nitrogens with one attached hydrogen (secondary N) is 1. The Morgan fingerprint density at radius 2 is 1.90 bits per heavy atom. The van der Waals surface area contributed by atoms with E-state index in [-0.39, 0.29) is 29.4 Å². The van der Waals surface area contributed by atoms with Crippen LogP contribution in [0, 0.1) is 5.41 Å². The fourth-order valence-electron chi connectivity index (χ4n) is 2.50. The Morgan fingerprint density at radius 3 is 2.33 bits per heavy atom. The van der Waals surface area contributed by atoms with Gasteiger partial charge in [-0.25, -0.2) is 8.42 Å². The normalized spacial score (nSPS) is 21.0. The second-order valence-corrected chi connectivity index (χ2v) is 8.26. The molecule has 1 atom stereocenters. The topological polar surface area (TPSA) is 83.6 Å². The van der Waals surface area contributed by atoms with Crippen molar-refractivity contribution in [3.8, 4) is 0 Å². The molecule has 1 rings (SSSR count).